The van der Waals surface area contributed by atoms with Crippen LogP contribution in [0.25, 0.3) is 0 Å². The van der Waals surface area contributed by atoms with Crippen molar-refractivity contribution in [3.63, 3.8) is 0 Å². The van der Waals surface area contributed by atoms with Crippen molar-refractivity contribution in [1.82, 2.24) is 15.6 Å². The fraction of sp³-hybridized carbons (Fsp3) is 0.536. The van der Waals surface area contributed by atoms with E-state index in [1.807, 2.05) is 24.3 Å². The molecule has 1 fully saturated rings. The summed E-state index contributed by atoms with van der Waals surface area (Å²) in [6.45, 7) is 2.94. The van der Waals surface area contributed by atoms with Crippen LogP contribution in [0.3, 0.4) is 0 Å². The Morgan fingerprint density at radius 2 is 1.92 bits per heavy atom. The number of anilines is 1. The van der Waals surface area contributed by atoms with Crippen LogP contribution < -0.4 is 25.4 Å². The summed E-state index contributed by atoms with van der Waals surface area (Å²) in [5.74, 6) is 2.93. The number of carbonyl (C=O) groups excluding carboxylic acids is 2. The first-order valence-electron chi connectivity index (χ1n) is 13.4. The number of fused-ring (bicyclic) bond motifs is 4. The standard InChI is InChI=1S/C28H36N4O4/c1-2-3-4-5-6-7-8-9-15-30-28(34)32-25-24-20-17-18(10-12-21(20)36-26(24)25)35-22-14-16-29-27-19(22)11-13-23(33)31-27/h10,12,14,16-17,24-26H,2-9,11,13,15H2,1H3,(H,29,31,33)(H2,30,32,34)/t24-,25+,26-/m0/s1. The molecule has 2 aliphatic heterocycles. The van der Waals surface area contributed by atoms with Gasteiger partial charge in [-0.2, -0.15) is 0 Å². The average molecular weight is 493 g/mol. The van der Waals surface area contributed by atoms with E-state index in [9.17, 15) is 9.59 Å². The number of pyridine rings is 1. The Labute approximate surface area is 212 Å². The van der Waals surface area contributed by atoms with Crippen LogP contribution in [0.1, 0.15) is 81.8 Å². The van der Waals surface area contributed by atoms with E-state index in [-0.39, 0.29) is 30.0 Å². The van der Waals surface area contributed by atoms with Gasteiger partial charge in [-0.1, -0.05) is 51.9 Å². The summed E-state index contributed by atoms with van der Waals surface area (Å²) < 4.78 is 12.2. The van der Waals surface area contributed by atoms with Gasteiger partial charge in [-0.15, -0.1) is 0 Å². The molecule has 2 aromatic rings. The van der Waals surface area contributed by atoms with Crippen LogP contribution in [0.15, 0.2) is 30.5 Å². The van der Waals surface area contributed by atoms with Crippen molar-refractivity contribution in [3.8, 4) is 17.2 Å². The first-order chi connectivity index (χ1) is 17.6. The number of nitrogens with zero attached hydrogens (tertiary/aromatic N) is 1. The third kappa shape index (κ3) is 5.58. The summed E-state index contributed by atoms with van der Waals surface area (Å²) in [4.78, 5) is 28.3. The van der Waals surface area contributed by atoms with Gasteiger partial charge >= 0.3 is 6.03 Å². The van der Waals surface area contributed by atoms with Gasteiger partial charge in [0.2, 0.25) is 5.91 Å². The molecule has 3 N–H and O–H groups in total. The van der Waals surface area contributed by atoms with Crippen molar-refractivity contribution in [2.75, 3.05) is 11.9 Å². The summed E-state index contributed by atoms with van der Waals surface area (Å²) in [5.41, 5.74) is 1.97. The summed E-state index contributed by atoms with van der Waals surface area (Å²) in [6.07, 6.45) is 12.6. The van der Waals surface area contributed by atoms with E-state index in [1.54, 1.807) is 6.20 Å². The van der Waals surface area contributed by atoms with Gasteiger partial charge in [0.05, 0.1) is 12.0 Å². The zero-order valence-electron chi connectivity index (χ0n) is 21.0. The highest BCUT2D eigenvalue weighted by molar-refractivity contribution is 5.93. The number of rotatable bonds is 12. The number of nitrogens with one attached hydrogen (secondary N) is 3. The number of carbonyl (C=O) groups is 2. The van der Waals surface area contributed by atoms with Crippen LogP contribution in [-0.4, -0.2) is 35.6 Å². The highest BCUT2D eigenvalue weighted by Crippen LogP contribution is 2.54. The smallest absolute Gasteiger partial charge is 0.315 e. The van der Waals surface area contributed by atoms with E-state index < -0.39 is 0 Å². The zero-order chi connectivity index (χ0) is 24.9. The van der Waals surface area contributed by atoms with Crippen molar-refractivity contribution >= 4 is 17.8 Å². The molecule has 0 unspecified atom stereocenters. The van der Waals surface area contributed by atoms with Crippen molar-refractivity contribution in [2.24, 2.45) is 0 Å². The molecule has 192 valence electrons. The molecule has 3 amide bonds. The minimum absolute atomic E-state index is 0.0183. The van der Waals surface area contributed by atoms with Gasteiger partial charge in [0.1, 0.15) is 29.2 Å². The average Bonchev–Trinajstić information content (AvgIpc) is 3.39. The summed E-state index contributed by atoms with van der Waals surface area (Å²) in [5, 5.41) is 8.86. The Morgan fingerprint density at radius 3 is 2.75 bits per heavy atom. The van der Waals surface area contributed by atoms with E-state index in [0.717, 1.165) is 29.7 Å². The molecular weight excluding hydrogens is 456 g/mol. The highest BCUT2D eigenvalue weighted by Gasteiger charge is 2.59. The highest BCUT2D eigenvalue weighted by atomic mass is 16.5. The predicted molar refractivity (Wildman–Crippen MR) is 138 cm³/mol. The first kappa shape index (κ1) is 24.4. The summed E-state index contributed by atoms with van der Waals surface area (Å²) in [7, 11) is 0. The Bertz CT molecular complexity index is 1100. The van der Waals surface area contributed by atoms with Gasteiger partial charge in [-0.25, -0.2) is 9.78 Å². The molecule has 8 heteroatoms. The van der Waals surface area contributed by atoms with E-state index in [4.69, 9.17) is 9.47 Å². The third-order valence-corrected chi connectivity index (χ3v) is 7.27. The third-order valence-electron chi connectivity index (χ3n) is 7.27. The van der Waals surface area contributed by atoms with Crippen LogP contribution in [-0.2, 0) is 11.2 Å². The van der Waals surface area contributed by atoms with Crippen molar-refractivity contribution in [3.05, 3.63) is 41.6 Å². The maximum atomic E-state index is 12.4. The zero-order valence-corrected chi connectivity index (χ0v) is 21.0. The number of amides is 3. The molecule has 3 aliphatic rings. The molecule has 1 aromatic carbocycles. The lowest BCUT2D eigenvalue weighted by atomic mass is 10.1. The Hall–Kier alpha value is -3.29. The lowest BCUT2D eigenvalue weighted by Crippen LogP contribution is -2.39. The van der Waals surface area contributed by atoms with E-state index in [2.05, 4.69) is 27.9 Å². The fourth-order valence-corrected chi connectivity index (χ4v) is 5.22. The van der Waals surface area contributed by atoms with Gasteiger partial charge in [-0.05, 0) is 37.1 Å². The van der Waals surface area contributed by atoms with Crippen LogP contribution in [0.5, 0.6) is 17.2 Å². The molecule has 36 heavy (non-hydrogen) atoms. The molecule has 0 saturated heterocycles. The monoisotopic (exact) mass is 492 g/mol. The number of aromatic nitrogens is 1. The normalized spacial score (nSPS) is 20.9. The van der Waals surface area contributed by atoms with E-state index >= 15 is 0 Å². The molecule has 1 saturated carbocycles. The molecule has 5 rings (SSSR count). The molecule has 1 aromatic heterocycles. The molecule has 3 atom stereocenters. The van der Waals surface area contributed by atoms with Crippen molar-refractivity contribution < 1.29 is 19.1 Å². The maximum absolute atomic E-state index is 12.4. The number of hydrogen-bond acceptors (Lipinski definition) is 5. The second-order valence-corrected chi connectivity index (χ2v) is 10.00. The topological polar surface area (TPSA) is 102 Å². The Balaban J connectivity index is 1.08. The van der Waals surface area contributed by atoms with Gasteiger partial charge in [0, 0.05) is 30.3 Å². The predicted octanol–water partition coefficient (Wildman–Crippen LogP) is 5.43. The van der Waals surface area contributed by atoms with Crippen LogP contribution >= 0.6 is 0 Å². The van der Waals surface area contributed by atoms with E-state index in [0.29, 0.717) is 36.7 Å². The van der Waals surface area contributed by atoms with Gasteiger partial charge < -0.3 is 25.4 Å². The van der Waals surface area contributed by atoms with Crippen LogP contribution in [0.4, 0.5) is 10.6 Å². The van der Waals surface area contributed by atoms with E-state index in [1.165, 1.54) is 38.5 Å². The van der Waals surface area contributed by atoms with Crippen molar-refractivity contribution in [2.45, 2.75) is 89.2 Å². The minimum atomic E-state index is -0.125. The van der Waals surface area contributed by atoms with Gasteiger partial charge in [-0.3, -0.25) is 4.79 Å². The Kier molecular flexibility index (Phi) is 7.58. The lowest BCUT2D eigenvalue weighted by Gasteiger charge is -2.19. The molecular formula is C28H36N4O4. The quantitative estimate of drug-likeness (QED) is 0.343. The summed E-state index contributed by atoms with van der Waals surface area (Å²) in [6, 6.07) is 7.48. The number of hydrogen-bond donors (Lipinski definition) is 3. The minimum Gasteiger partial charge on any atom is -0.487 e. The fourth-order valence-electron chi connectivity index (χ4n) is 5.22. The Morgan fingerprint density at radius 1 is 1.11 bits per heavy atom. The number of urea groups is 1. The number of unbranched alkanes of at least 4 members (excludes halogenated alkanes) is 7. The molecule has 0 bridgehead atoms. The van der Waals surface area contributed by atoms with Gasteiger partial charge in [0.15, 0.2) is 0 Å². The number of ether oxygens (including phenoxy) is 2. The first-order valence-corrected chi connectivity index (χ1v) is 13.4. The number of benzene rings is 1. The van der Waals surface area contributed by atoms with Crippen LogP contribution in [0, 0.1) is 0 Å². The second-order valence-electron chi connectivity index (χ2n) is 10.00. The molecule has 1 aliphatic carbocycles. The second kappa shape index (κ2) is 11.2. The maximum Gasteiger partial charge on any atom is 0.315 e. The SMILES string of the molecule is CCCCCCCCCCNC(=O)N[C@H]1[C@H]2Oc3ccc(Oc4ccnc5c4CCC(=O)N5)cc3[C@@H]12. The molecule has 0 radical (unpaired) electrons. The van der Waals surface area contributed by atoms with Gasteiger partial charge in [0.25, 0.3) is 0 Å². The molecule has 0 spiro atoms. The summed E-state index contributed by atoms with van der Waals surface area (Å²) >= 11 is 0. The molecule has 8 nitrogen and oxygen atoms in total. The largest absolute Gasteiger partial charge is 0.487 e. The lowest BCUT2D eigenvalue weighted by molar-refractivity contribution is -0.116. The van der Waals surface area contributed by atoms with Crippen LogP contribution in [0.2, 0.25) is 0 Å². The van der Waals surface area contributed by atoms with Crippen molar-refractivity contribution in [1.29, 1.82) is 0 Å². The molecule has 3 heterocycles.